The molecule has 9 heteroatoms. The van der Waals surface area contributed by atoms with Gasteiger partial charge in [0.1, 0.15) is 0 Å². The van der Waals surface area contributed by atoms with Crippen molar-refractivity contribution >= 4 is 17.9 Å². The van der Waals surface area contributed by atoms with Crippen LogP contribution in [-0.2, 0) is 0 Å². The largest absolute Gasteiger partial charge is 0.386 e. The van der Waals surface area contributed by atoms with E-state index in [2.05, 4.69) is 59.9 Å². The summed E-state index contributed by atoms with van der Waals surface area (Å²) in [6.45, 7) is 14.4. The summed E-state index contributed by atoms with van der Waals surface area (Å²) in [6, 6.07) is 0. The predicted octanol–water partition coefficient (Wildman–Crippen LogP) is 4.29. The third-order valence-electron chi connectivity index (χ3n) is 4.90. The molecule has 0 atom stereocenters. The number of hydrogen-bond acceptors (Lipinski definition) is 4. The number of nitrogens with two attached hydrogens (primary N) is 4. The van der Waals surface area contributed by atoms with Gasteiger partial charge in [-0.15, -0.1) is 0 Å². The van der Waals surface area contributed by atoms with Crippen molar-refractivity contribution in [1.82, 2.24) is 10.6 Å². The van der Waals surface area contributed by atoms with Gasteiger partial charge >= 0.3 is 0 Å². The van der Waals surface area contributed by atoms with Crippen LogP contribution in [0.25, 0.3) is 0 Å². The molecule has 35 heavy (non-hydrogen) atoms. The Labute approximate surface area is 215 Å². The van der Waals surface area contributed by atoms with Gasteiger partial charge in [-0.1, -0.05) is 98.5 Å². The van der Waals surface area contributed by atoms with Crippen LogP contribution in [0.2, 0.25) is 0 Å². The van der Waals surface area contributed by atoms with E-state index in [4.69, 9.17) is 22.9 Å². The first-order chi connectivity index (χ1) is 16.7. The summed E-state index contributed by atoms with van der Waals surface area (Å²) in [5.41, 5.74) is 22.7. The molecular weight excluding hydrogens is 438 g/mol. The Bertz CT molecular complexity index is 583. The Kier molecular flexibility index (Phi) is 25.9. The van der Waals surface area contributed by atoms with Gasteiger partial charge in [0, 0.05) is 19.6 Å². The van der Waals surface area contributed by atoms with Crippen LogP contribution >= 0.6 is 0 Å². The molecule has 0 aliphatic rings. The highest BCUT2D eigenvalue weighted by Crippen LogP contribution is 2.11. The van der Waals surface area contributed by atoms with Gasteiger partial charge in [0.15, 0.2) is 17.9 Å². The minimum Gasteiger partial charge on any atom is -0.386 e. The van der Waals surface area contributed by atoms with Crippen LogP contribution in [0.3, 0.4) is 0 Å². The SMILES string of the molecule is C=C(N)NC(N)=NCCCCCCN=C(N)NC(N)=NCCCCCCCCCC(C)C.CCC. The molecule has 9 nitrogen and oxygen atoms in total. The fraction of sp³-hybridized carbons (Fsp3) is 0.808. The molecule has 0 aromatic heterocycles. The Hall–Kier alpha value is -2.45. The summed E-state index contributed by atoms with van der Waals surface area (Å²) in [5.74, 6) is 2.07. The first kappa shape index (κ1) is 34.7. The van der Waals surface area contributed by atoms with Gasteiger partial charge in [-0.05, 0) is 25.2 Å². The van der Waals surface area contributed by atoms with Crippen molar-refractivity contribution in [1.29, 1.82) is 0 Å². The summed E-state index contributed by atoms with van der Waals surface area (Å²) >= 11 is 0. The maximum absolute atomic E-state index is 5.87. The number of aliphatic imine (C=N–C) groups is 3. The minimum atomic E-state index is 0.291. The number of unbranched alkanes of at least 4 members (excludes halogenated alkanes) is 9. The van der Waals surface area contributed by atoms with Gasteiger partial charge in [-0.25, -0.2) is 0 Å². The Morgan fingerprint density at radius 2 is 0.914 bits per heavy atom. The summed E-state index contributed by atoms with van der Waals surface area (Å²) in [7, 11) is 0. The molecule has 0 heterocycles. The number of guanidine groups is 3. The zero-order valence-electron chi connectivity index (χ0n) is 23.2. The monoisotopic (exact) mass is 495 g/mol. The molecule has 0 saturated heterocycles. The van der Waals surface area contributed by atoms with Crippen molar-refractivity contribution in [2.45, 2.75) is 111 Å². The van der Waals surface area contributed by atoms with E-state index >= 15 is 0 Å². The van der Waals surface area contributed by atoms with E-state index in [1.165, 1.54) is 51.4 Å². The van der Waals surface area contributed by atoms with Crippen LogP contribution in [0.5, 0.6) is 0 Å². The van der Waals surface area contributed by atoms with Gasteiger partial charge in [0.05, 0.1) is 5.82 Å². The van der Waals surface area contributed by atoms with Crippen LogP contribution < -0.4 is 33.6 Å². The highest BCUT2D eigenvalue weighted by atomic mass is 15.2. The number of rotatable bonds is 18. The van der Waals surface area contributed by atoms with Gasteiger partial charge < -0.3 is 28.3 Å². The topological polar surface area (TPSA) is 165 Å². The third kappa shape index (κ3) is 31.5. The third-order valence-corrected chi connectivity index (χ3v) is 4.90. The lowest BCUT2D eigenvalue weighted by Crippen LogP contribution is -2.41. The lowest BCUT2D eigenvalue weighted by atomic mass is 10.0. The minimum absolute atomic E-state index is 0.291. The number of nitrogens with one attached hydrogen (secondary N) is 2. The van der Waals surface area contributed by atoms with E-state index < -0.39 is 0 Å². The summed E-state index contributed by atoms with van der Waals surface area (Å²) in [5, 5.41) is 5.52. The van der Waals surface area contributed by atoms with Crippen LogP contribution in [0, 0.1) is 5.92 Å². The molecule has 0 aliphatic carbocycles. The first-order valence-electron chi connectivity index (χ1n) is 13.6. The summed E-state index contributed by atoms with van der Waals surface area (Å²) in [4.78, 5) is 12.8. The maximum Gasteiger partial charge on any atom is 0.195 e. The van der Waals surface area contributed by atoms with Crippen LogP contribution in [-0.4, -0.2) is 37.5 Å². The summed E-state index contributed by atoms with van der Waals surface area (Å²) < 4.78 is 0. The highest BCUT2D eigenvalue weighted by molar-refractivity contribution is 5.97. The summed E-state index contributed by atoms with van der Waals surface area (Å²) in [6.07, 6.45) is 15.5. The van der Waals surface area contributed by atoms with E-state index in [-0.39, 0.29) is 0 Å². The zero-order valence-corrected chi connectivity index (χ0v) is 23.2. The smallest absolute Gasteiger partial charge is 0.195 e. The molecule has 0 spiro atoms. The average Bonchev–Trinajstić information content (AvgIpc) is 2.76. The quantitative estimate of drug-likeness (QED) is 0.0942. The Balaban J connectivity index is 0. The van der Waals surface area contributed by atoms with Crippen molar-refractivity contribution in [2.24, 2.45) is 43.8 Å². The lowest BCUT2D eigenvalue weighted by Gasteiger charge is -2.06. The molecule has 0 rings (SSSR count). The maximum atomic E-state index is 5.87. The van der Waals surface area contributed by atoms with E-state index in [9.17, 15) is 0 Å². The second-order valence-corrected chi connectivity index (χ2v) is 9.35. The van der Waals surface area contributed by atoms with Crippen molar-refractivity contribution < 1.29 is 0 Å². The second-order valence-electron chi connectivity index (χ2n) is 9.35. The molecule has 0 radical (unpaired) electrons. The van der Waals surface area contributed by atoms with Gasteiger partial charge in [0.25, 0.3) is 0 Å². The molecule has 0 amide bonds. The van der Waals surface area contributed by atoms with Crippen LogP contribution in [0.4, 0.5) is 0 Å². The molecular formula is C26H57N9. The molecule has 0 fully saturated rings. The van der Waals surface area contributed by atoms with Crippen molar-refractivity contribution in [2.75, 3.05) is 19.6 Å². The average molecular weight is 496 g/mol. The molecule has 0 aromatic rings. The first-order valence-corrected chi connectivity index (χ1v) is 13.6. The zero-order chi connectivity index (χ0) is 26.7. The standard InChI is InChI=1S/C23H49N9.C3H8/c1-19(2)15-11-7-5-4-6-8-12-17-29-22(26)32-23(27)30-18-14-10-9-13-16-28-21(25)31-20(3)24;1-3-2/h19H,3-18,24H2,1-2H3,(H3,25,28,31)(H5,26,27,29,30,32);3H2,1-2H3. The van der Waals surface area contributed by atoms with Crippen molar-refractivity contribution in [3.05, 3.63) is 12.4 Å². The number of nitrogens with zero attached hydrogens (tertiary/aromatic N) is 3. The van der Waals surface area contributed by atoms with Gasteiger partial charge in [0.2, 0.25) is 0 Å². The Morgan fingerprint density at radius 3 is 1.26 bits per heavy atom. The van der Waals surface area contributed by atoms with E-state index in [0.717, 1.165) is 44.6 Å². The molecule has 206 valence electrons. The van der Waals surface area contributed by atoms with Gasteiger partial charge in [-0.2, -0.15) is 0 Å². The van der Waals surface area contributed by atoms with Crippen LogP contribution in [0.1, 0.15) is 111 Å². The number of hydrogen-bond donors (Lipinski definition) is 6. The molecule has 10 N–H and O–H groups in total. The van der Waals surface area contributed by atoms with Crippen LogP contribution in [0.15, 0.2) is 27.4 Å². The van der Waals surface area contributed by atoms with E-state index in [1.54, 1.807) is 0 Å². The molecule has 0 bridgehead atoms. The predicted molar refractivity (Wildman–Crippen MR) is 155 cm³/mol. The normalized spacial score (nSPS) is 12.3. The Morgan fingerprint density at radius 1 is 0.600 bits per heavy atom. The molecule has 0 unspecified atom stereocenters. The fourth-order valence-electron chi connectivity index (χ4n) is 3.14. The molecule has 0 aliphatic heterocycles. The lowest BCUT2D eigenvalue weighted by molar-refractivity contribution is 0.510. The van der Waals surface area contributed by atoms with Crippen molar-refractivity contribution in [3.8, 4) is 0 Å². The fourth-order valence-corrected chi connectivity index (χ4v) is 3.14. The highest BCUT2D eigenvalue weighted by Gasteiger charge is 1.97. The van der Waals surface area contributed by atoms with E-state index in [1.807, 2.05) is 0 Å². The van der Waals surface area contributed by atoms with Gasteiger partial charge in [-0.3, -0.25) is 20.3 Å². The second kappa shape index (κ2) is 26.2. The molecule has 0 saturated carbocycles. The van der Waals surface area contributed by atoms with Crippen molar-refractivity contribution in [3.63, 3.8) is 0 Å². The molecule has 0 aromatic carbocycles. The van der Waals surface area contributed by atoms with E-state index in [0.29, 0.717) is 36.8 Å².